The van der Waals surface area contributed by atoms with E-state index in [9.17, 15) is 10.1 Å². The molecule has 0 saturated carbocycles. The van der Waals surface area contributed by atoms with Gasteiger partial charge in [0.2, 0.25) is 0 Å². The van der Waals surface area contributed by atoms with Crippen molar-refractivity contribution in [2.24, 2.45) is 5.92 Å². The third-order valence-electron chi connectivity index (χ3n) is 2.59. The van der Waals surface area contributed by atoms with E-state index in [1.807, 2.05) is 0 Å². The minimum Gasteiger partial charge on any atom is -0.486 e. The van der Waals surface area contributed by atoms with Crippen molar-refractivity contribution >= 4 is 5.69 Å². The van der Waals surface area contributed by atoms with Gasteiger partial charge in [-0.2, -0.15) is 0 Å². The van der Waals surface area contributed by atoms with Crippen LogP contribution < -0.4 is 10.1 Å². The first-order chi connectivity index (χ1) is 7.77. The van der Waals surface area contributed by atoms with Crippen molar-refractivity contribution in [1.29, 1.82) is 0 Å². The summed E-state index contributed by atoms with van der Waals surface area (Å²) in [4.78, 5) is 13.9. The molecule has 1 aromatic heterocycles. The summed E-state index contributed by atoms with van der Waals surface area (Å²) in [7, 11) is 0. The van der Waals surface area contributed by atoms with Crippen LogP contribution in [0.4, 0.5) is 5.69 Å². The minimum atomic E-state index is -0.477. The summed E-state index contributed by atoms with van der Waals surface area (Å²) in [5.41, 5.74) is -0.0755. The van der Waals surface area contributed by atoms with Gasteiger partial charge in [0, 0.05) is 24.7 Å². The fraction of sp³-hybridized carbons (Fsp3) is 0.500. The molecule has 0 radical (unpaired) electrons. The second kappa shape index (κ2) is 4.89. The van der Waals surface area contributed by atoms with Crippen LogP contribution >= 0.6 is 0 Å². The van der Waals surface area contributed by atoms with Gasteiger partial charge in [-0.05, 0) is 13.0 Å². The molecule has 1 fully saturated rings. The first kappa shape index (κ1) is 10.8. The zero-order valence-electron chi connectivity index (χ0n) is 8.76. The number of aromatic nitrogens is 1. The molecule has 0 amide bonds. The van der Waals surface area contributed by atoms with Gasteiger partial charge in [0.1, 0.15) is 6.20 Å². The molecule has 2 heterocycles. The van der Waals surface area contributed by atoms with E-state index in [1.54, 1.807) is 0 Å². The van der Waals surface area contributed by atoms with Crippen molar-refractivity contribution in [3.8, 4) is 5.75 Å². The van der Waals surface area contributed by atoms with Gasteiger partial charge in [-0.1, -0.05) is 0 Å². The normalized spacial score (nSPS) is 19.6. The lowest BCUT2D eigenvalue weighted by molar-refractivity contribution is -0.386. The first-order valence-corrected chi connectivity index (χ1v) is 5.19. The molecule has 2 rings (SSSR count). The Balaban J connectivity index is 2.00. The number of rotatable bonds is 4. The average Bonchev–Trinajstić information content (AvgIpc) is 2.79. The number of nitrogens with zero attached hydrogens (tertiary/aromatic N) is 2. The van der Waals surface area contributed by atoms with Gasteiger partial charge < -0.3 is 10.1 Å². The Bertz CT molecular complexity index is 377. The minimum absolute atomic E-state index is 0.0755. The van der Waals surface area contributed by atoms with Crippen molar-refractivity contribution in [2.75, 3.05) is 19.7 Å². The second-order valence-corrected chi connectivity index (χ2v) is 3.77. The van der Waals surface area contributed by atoms with Crippen molar-refractivity contribution in [3.05, 3.63) is 28.6 Å². The molecule has 1 aliphatic heterocycles. The zero-order valence-corrected chi connectivity index (χ0v) is 8.76. The second-order valence-electron chi connectivity index (χ2n) is 3.77. The quantitative estimate of drug-likeness (QED) is 0.608. The maximum absolute atomic E-state index is 10.7. The molecule has 1 unspecified atom stereocenters. The third-order valence-corrected chi connectivity index (χ3v) is 2.59. The van der Waals surface area contributed by atoms with Crippen molar-refractivity contribution < 1.29 is 9.66 Å². The molecule has 1 aliphatic rings. The maximum atomic E-state index is 10.7. The molecular formula is C10H13N3O3. The van der Waals surface area contributed by atoms with Crippen LogP contribution in [0.25, 0.3) is 0 Å². The topological polar surface area (TPSA) is 77.3 Å². The summed E-state index contributed by atoms with van der Waals surface area (Å²) >= 11 is 0. The van der Waals surface area contributed by atoms with Crippen LogP contribution in [0.15, 0.2) is 18.5 Å². The molecule has 86 valence electrons. The lowest BCUT2D eigenvalue weighted by Crippen LogP contribution is -2.15. The number of hydrogen-bond acceptors (Lipinski definition) is 5. The van der Waals surface area contributed by atoms with Gasteiger partial charge in [-0.3, -0.25) is 15.1 Å². The van der Waals surface area contributed by atoms with Crippen LogP contribution in [0.3, 0.4) is 0 Å². The summed E-state index contributed by atoms with van der Waals surface area (Å²) in [6.45, 7) is 2.42. The number of nitro groups is 1. The maximum Gasteiger partial charge on any atom is 0.329 e. The SMILES string of the molecule is O=[N+]([O-])c1cnccc1OCC1CCNC1. The molecule has 1 atom stereocenters. The Morgan fingerprint density at radius 2 is 2.56 bits per heavy atom. The van der Waals surface area contributed by atoms with E-state index in [0.717, 1.165) is 19.5 Å². The molecule has 0 aliphatic carbocycles. The number of pyridine rings is 1. The van der Waals surface area contributed by atoms with Crippen molar-refractivity contribution in [1.82, 2.24) is 10.3 Å². The Morgan fingerprint density at radius 3 is 3.25 bits per heavy atom. The summed E-state index contributed by atoms with van der Waals surface area (Å²) in [6, 6.07) is 1.53. The van der Waals surface area contributed by atoms with Crippen LogP contribution in [0.2, 0.25) is 0 Å². The molecule has 1 N–H and O–H groups in total. The van der Waals surface area contributed by atoms with Gasteiger partial charge in [-0.15, -0.1) is 0 Å². The van der Waals surface area contributed by atoms with Gasteiger partial charge in [0.05, 0.1) is 11.5 Å². The standard InChI is InChI=1S/C10H13N3O3/c14-13(15)9-6-12-4-2-10(9)16-7-8-1-3-11-5-8/h2,4,6,8,11H,1,3,5,7H2. The summed E-state index contributed by atoms with van der Waals surface area (Å²) in [6.07, 6.45) is 3.76. The highest BCUT2D eigenvalue weighted by Gasteiger charge is 2.19. The lowest BCUT2D eigenvalue weighted by atomic mass is 10.1. The molecule has 1 saturated heterocycles. The monoisotopic (exact) mass is 223 g/mol. The van der Waals surface area contributed by atoms with E-state index in [1.165, 1.54) is 18.5 Å². The van der Waals surface area contributed by atoms with E-state index in [-0.39, 0.29) is 5.69 Å². The van der Waals surface area contributed by atoms with Crippen LogP contribution in [0, 0.1) is 16.0 Å². The molecular weight excluding hydrogens is 210 g/mol. The third kappa shape index (κ3) is 2.46. The first-order valence-electron chi connectivity index (χ1n) is 5.19. The molecule has 16 heavy (non-hydrogen) atoms. The van der Waals surface area contributed by atoms with Crippen molar-refractivity contribution in [2.45, 2.75) is 6.42 Å². The molecule has 0 bridgehead atoms. The molecule has 6 heteroatoms. The highest BCUT2D eigenvalue weighted by atomic mass is 16.6. The highest BCUT2D eigenvalue weighted by molar-refractivity contribution is 5.42. The van der Waals surface area contributed by atoms with Crippen LogP contribution in [-0.4, -0.2) is 29.6 Å². The molecule has 6 nitrogen and oxygen atoms in total. The molecule has 0 spiro atoms. The smallest absolute Gasteiger partial charge is 0.329 e. The molecule has 1 aromatic rings. The van der Waals surface area contributed by atoms with E-state index in [2.05, 4.69) is 10.3 Å². The van der Waals surface area contributed by atoms with Crippen LogP contribution in [-0.2, 0) is 0 Å². The summed E-state index contributed by atoms with van der Waals surface area (Å²) in [5.74, 6) is 0.736. The van der Waals surface area contributed by atoms with E-state index < -0.39 is 4.92 Å². The number of hydrogen-bond donors (Lipinski definition) is 1. The Hall–Kier alpha value is -1.69. The van der Waals surface area contributed by atoms with Crippen LogP contribution in [0.5, 0.6) is 5.75 Å². The summed E-state index contributed by atoms with van der Waals surface area (Å²) < 4.78 is 5.46. The lowest BCUT2D eigenvalue weighted by Gasteiger charge is -2.10. The van der Waals surface area contributed by atoms with Gasteiger partial charge in [-0.25, -0.2) is 0 Å². The van der Waals surface area contributed by atoms with E-state index >= 15 is 0 Å². The van der Waals surface area contributed by atoms with Crippen LogP contribution in [0.1, 0.15) is 6.42 Å². The number of ether oxygens (including phenoxy) is 1. The summed E-state index contributed by atoms with van der Waals surface area (Å²) in [5, 5.41) is 13.9. The van der Waals surface area contributed by atoms with Gasteiger partial charge in [0.15, 0.2) is 5.75 Å². The van der Waals surface area contributed by atoms with Gasteiger partial charge >= 0.3 is 5.69 Å². The van der Waals surface area contributed by atoms with Crippen molar-refractivity contribution in [3.63, 3.8) is 0 Å². The molecule has 0 aromatic carbocycles. The largest absolute Gasteiger partial charge is 0.486 e. The van der Waals surface area contributed by atoms with E-state index in [0.29, 0.717) is 18.3 Å². The Kier molecular flexibility index (Phi) is 3.31. The fourth-order valence-corrected chi connectivity index (χ4v) is 1.70. The van der Waals surface area contributed by atoms with E-state index in [4.69, 9.17) is 4.74 Å². The zero-order chi connectivity index (χ0) is 11.4. The van der Waals surface area contributed by atoms with Gasteiger partial charge in [0.25, 0.3) is 0 Å². The predicted molar refractivity (Wildman–Crippen MR) is 57.4 cm³/mol. The Morgan fingerprint density at radius 1 is 1.69 bits per heavy atom. The number of nitrogens with one attached hydrogen (secondary N) is 1. The highest BCUT2D eigenvalue weighted by Crippen LogP contribution is 2.25. The predicted octanol–water partition coefficient (Wildman–Crippen LogP) is 0.978. The average molecular weight is 223 g/mol. The Labute approximate surface area is 92.8 Å². The fourth-order valence-electron chi connectivity index (χ4n) is 1.70.